The molecule has 3 heterocycles. The summed E-state index contributed by atoms with van der Waals surface area (Å²) in [5, 5.41) is 1.09. The molecule has 140 valence electrons. The number of ketones is 1. The first-order chi connectivity index (χ1) is 13.4. The van der Waals surface area contributed by atoms with Gasteiger partial charge in [0, 0.05) is 23.0 Å². The molecule has 0 aliphatic carbocycles. The number of nitrogens with one attached hydrogen (secondary N) is 1. The van der Waals surface area contributed by atoms with Gasteiger partial charge < -0.3 is 9.88 Å². The molecule has 2 aromatic carbocycles. The monoisotopic (exact) mass is 373 g/mol. The van der Waals surface area contributed by atoms with Crippen LogP contribution in [0.2, 0.25) is 0 Å². The maximum atomic E-state index is 13.6. The molecule has 2 aliphatic heterocycles. The van der Waals surface area contributed by atoms with Gasteiger partial charge >= 0.3 is 6.03 Å². The highest BCUT2D eigenvalue weighted by Crippen LogP contribution is 2.45. The van der Waals surface area contributed by atoms with Crippen molar-refractivity contribution in [1.29, 1.82) is 0 Å². The minimum absolute atomic E-state index is 0.109. The number of H-pyrrole nitrogens is 1. The third-order valence-electron chi connectivity index (χ3n) is 5.98. The van der Waals surface area contributed by atoms with Crippen molar-refractivity contribution in [2.75, 3.05) is 11.4 Å². The van der Waals surface area contributed by atoms with E-state index in [-0.39, 0.29) is 17.7 Å². The normalized spacial score (nSPS) is 21.2. The Morgan fingerprint density at radius 2 is 1.89 bits per heavy atom. The number of aromatic amines is 1. The van der Waals surface area contributed by atoms with Crippen molar-refractivity contribution in [1.82, 2.24) is 9.88 Å². The molecule has 6 heteroatoms. The molecule has 0 saturated carbocycles. The number of carbonyl (C=O) groups excluding carboxylic acids is 3. The molecule has 3 aromatic rings. The van der Waals surface area contributed by atoms with Crippen molar-refractivity contribution in [3.8, 4) is 0 Å². The summed E-state index contributed by atoms with van der Waals surface area (Å²) in [4.78, 5) is 44.7. The summed E-state index contributed by atoms with van der Waals surface area (Å²) in [7, 11) is 0. The number of para-hydroxylation sites is 1. The van der Waals surface area contributed by atoms with Crippen LogP contribution in [0.5, 0.6) is 0 Å². The number of rotatable bonds is 2. The van der Waals surface area contributed by atoms with Gasteiger partial charge in [0.1, 0.15) is 0 Å². The van der Waals surface area contributed by atoms with E-state index in [0.717, 1.165) is 22.2 Å². The lowest BCUT2D eigenvalue weighted by Gasteiger charge is -2.35. The quantitative estimate of drug-likeness (QED) is 0.551. The number of hydrogen-bond acceptors (Lipinski definition) is 3. The largest absolute Gasteiger partial charge is 0.356 e. The molecule has 3 amide bonds. The number of urea groups is 1. The molecule has 6 nitrogen and oxygen atoms in total. The summed E-state index contributed by atoms with van der Waals surface area (Å²) in [5.41, 5.74) is 2.65. The van der Waals surface area contributed by atoms with E-state index < -0.39 is 5.54 Å². The van der Waals surface area contributed by atoms with Crippen LogP contribution in [-0.4, -0.2) is 34.2 Å². The van der Waals surface area contributed by atoms with Gasteiger partial charge in [-0.1, -0.05) is 30.3 Å². The lowest BCUT2D eigenvalue weighted by Crippen LogP contribution is -2.49. The molecule has 1 fully saturated rings. The number of nitrogens with zero attached hydrogens (tertiary/aromatic N) is 2. The Labute approximate surface area is 161 Å². The average molecular weight is 373 g/mol. The van der Waals surface area contributed by atoms with Gasteiger partial charge in [-0.05, 0) is 44.0 Å². The van der Waals surface area contributed by atoms with Gasteiger partial charge in [0.25, 0.3) is 5.91 Å². The van der Waals surface area contributed by atoms with Gasteiger partial charge in [0.2, 0.25) is 0 Å². The number of aromatic nitrogens is 1. The van der Waals surface area contributed by atoms with Crippen LogP contribution in [0.1, 0.15) is 35.5 Å². The van der Waals surface area contributed by atoms with Gasteiger partial charge in [0.05, 0.1) is 11.4 Å². The lowest BCUT2D eigenvalue weighted by atomic mass is 9.87. The fourth-order valence-electron chi connectivity index (χ4n) is 4.48. The van der Waals surface area contributed by atoms with Gasteiger partial charge in [-0.15, -0.1) is 0 Å². The van der Waals surface area contributed by atoms with E-state index in [1.807, 2.05) is 24.3 Å². The number of anilines is 1. The lowest BCUT2D eigenvalue weighted by molar-refractivity contribution is -0.125. The number of Topliss-reactive ketones (excluding diaryl/α,β-unsaturated/α-hetero) is 1. The van der Waals surface area contributed by atoms with Crippen LogP contribution in [0.25, 0.3) is 10.9 Å². The summed E-state index contributed by atoms with van der Waals surface area (Å²) in [6.45, 7) is 3.74. The summed E-state index contributed by atoms with van der Waals surface area (Å²) >= 11 is 0. The predicted molar refractivity (Wildman–Crippen MR) is 105 cm³/mol. The van der Waals surface area contributed by atoms with Gasteiger partial charge in [-0.25, -0.2) is 9.69 Å². The second kappa shape index (κ2) is 5.55. The van der Waals surface area contributed by atoms with Crippen LogP contribution in [0.3, 0.4) is 0 Å². The summed E-state index contributed by atoms with van der Waals surface area (Å²) < 4.78 is 0. The maximum Gasteiger partial charge on any atom is 0.332 e. The number of benzene rings is 2. The highest BCUT2D eigenvalue weighted by Gasteiger charge is 2.59. The van der Waals surface area contributed by atoms with Crippen molar-refractivity contribution < 1.29 is 14.4 Å². The zero-order valence-corrected chi connectivity index (χ0v) is 15.7. The molecule has 1 saturated heterocycles. The Balaban J connectivity index is 1.67. The molecule has 0 radical (unpaired) electrons. The molecule has 2 aliphatic rings. The zero-order valence-electron chi connectivity index (χ0n) is 15.7. The van der Waals surface area contributed by atoms with Gasteiger partial charge in [-0.3, -0.25) is 9.59 Å². The Morgan fingerprint density at radius 3 is 2.68 bits per heavy atom. The van der Waals surface area contributed by atoms with E-state index in [0.29, 0.717) is 24.2 Å². The summed E-state index contributed by atoms with van der Waals surface area (Å²) in [5.74, 6) is -0.409. The minimum atomic E-state index is -1.09. The van der Waals surface area contributed by atoms with Crippen molar-refractivity contribution in [2.24, 2.45) is 0 Å². The fraction of sp³-hybridized carbons (Fsp3) is 0.227. The molecular formula is C22H19N3O3. The van der Waals surface area contributed by atoms with Gasteiger partial charge in [-0.2, -0.15) is 0 Å². The van der Waals surface area contributed by atoms with Crippen LogP contribution in [0.15, 0.2) is 48.5 Å². The Bertz CT molecular complexity index is 1180. The van der Waals surface area contributed by atoms with E-state index in [1.54, 1.807) is 36.1 Å². The van der Waals surface area contributed by atoms with Gasteiger partial charge in [0.15, 0.2) is 11.3 Å². The predicted octanol–water partition coefficient (Wildman–Crippen LogP) is 3.61. The minimum Gasteiger partial charge on any atom is -0.356 e. The van der Waals surface area contributed by atoms with Crippen molar-refractivity contribution >= 4 is 34.3 Å². The van der Waals surface area contributed by atoms with Crippen LogP contribution in [0, 0.1) is 0 Å². The molecule has 5 rings (SSSR count). The molecule has 0 spiro atoms. The first-order valence-electron chi connectivity index (χ1n) is 9.30. The average Bonchev–Trinajstić information content (AvgIpc) is 3.16. The third-order valence-corrected chi connectivity index (χ3v) is 5.98. The fourth-order valence-corrected chi connectivity index (χ4v) is 4.48. The molecular weight excluding hydrogens is 354 g/mol. The van der Waals surface area contributed by atoms with Crippen LogP contribution in [0.4, 0.5) is 10.5 Å². The smallest absolute Gasteiger partial charge is 0.332 e. The summed E-state index contributed by atoms with van der Waals surface area (Å²) in [6.07, 6.45) is 0.690. The first kappa shape index (κ1) is 16.7. The van der Waals surface area contributed by atoms with Crippen LogP contribution in [-0.2, 0) is 16.8 Å². The van der Waals surface area contributed by atoms with Crippen molar-refractivity contribution in [3.63, 3.8) is 0 Å². The molecule has 0 bridgehead atoms. The third kappa shape index (κ3) is 2.00. The highest BCUT2D eigenvalue weighted by molar-refractivity contribution is 6.24. The van der Waals surface area contributed by atoms with E-state index in [4.69, 9.17) is 0 Å². The Hall–Kier alpha value is -3.41. The molecule has 1 aromatic heterocycles. The number of fused-ring (bicyclic) bond motifs is 5. The number of carbonyl (C=O) groups is 3. The van der Waals surface area contributed by atoms with Crippen LogP contribution >= 0.6 is 0 Å². The number of amides is 3. The Morgan fingerprint density at radius 1 is 1.11 bits per heavy atom. The standard InChI is InChI=1S/C22H19N3O3/c1-13(26)14-6-5-7-15(12-14)25-20(27)22(2)19-17(10-11-24(22)21(25)28)16-8-3-4-9-18(16)23-19/h3-9,12,23H,10-11H2,1-2H3. The summed E-state index contributed by atoms with van der Waals surface area (Å²) in [6, 6.07) is 14.3. The first-order valence-corrected chi connectivity index (χ1v) is 9.30. The highest BCUT2D eigenvalue weighted by atomic mass is 16.2. The molecule has 28 heavy (non-hydrogen) atoms. The van der Waals surface area contributed by atoms with E-state index >= 15 is 0 Å². The molecule has 1 atom stereocenters. The van der Waals surface area contributed by atoms with Crippen LogP contribution < -0.4 is 4.90 Å². The van der Waals surface area contributed by atoms with E-state index in [2.05, 4.69) is 4.98 Å². The van der Waals surface area contributed by atoms with E-state index in [9.17, 15) is 14.4 Å². The van der Waals surface area contributed by atoms with Crippen molar-refractivity contribution in [3.05, 3.63) is 65.4 Å². The zero-order chi connectivity index (χ0) is 19.6. The number of hydrogen-bond donors (Lipinski definition) is 1. The topological polar surface area (TPSA) is 73.5 Å². The second-order valence-corrected chi connectivity index (χ2v) is 7.53. The second-order valence-electron chi connectivity index (χ2n) is 7.53. The Kier molecular flexibility index (Phi) is 3.32. The van der Waals surface area contributed by atoms with E-state index in [1.165, 1.54) is 11.8 Å². The maximum absolute atomic E-state index is 13.6. The number of imide groups is 1. The molecule has 1 unspecified atom stereocenters. The SMILES string of the molecule is CC(=O)c1cccc(N2C(=O)N3CCc4c([nH]c5ccccc45)C3(C)C2=O)c1. The molecule has 1 N–H and O–H groups in total. The van der Waals surface area contributed by atoms with Crippen molar-refractivity contribution in [2.45, 2.75) is 25.8 Å².